The molecule has 34 heavy (non-hydrogen) atoms. The molecule has 0 unspecified atom stereocenters. The molecule has 0 aliphatic carbocycles. The second-order valence-corrected chi connectivity index (χ2v) is 9.24. The highest BCUT2D eigenvalue weighted by molar-refractivity contribution is 5.64. The average Bonchev–Trinajstić information content (AvgIpc) is 2.87. The Balaban J connectivity index is 1.52. The van der Waals surface area contributed by atoms with Gasteiger partial charge in [-0.2, -0.15) is 0 Å². The van der Waals surface area contributed by atoms with Crippen molar-refractivity contribution in [2.45, 2.75) is 84.3 Å². The molecule has 3 aromatic rings. The van der Waals surface area contributed by atoms with Crippen molar-refractivity contribution < 1.29 is 9.47 Å². The Kier molecular flexibility index (Phi) is 10.6. The van der Waals surface area contributed by atoms with Crippen molar-refractivity contribution >= 4 is 0 Å². The van der Waals surface area contributed by atoms with Crippen molar-refractivity contribution in [2.24, 2.45) is 0 Å². The summed E-state index contributed by atoms with van der Waals surface area (Å²) in [4.78, 5) is 9.23. The van der Waals surface area contributed by atoms with Crippen LogP contribution in [0.2, 0.25) is 0 Å². The van der Waals surface area contributed by atoms with E-state index in [0.29, 0.717) is 0 Å². The third-order valence-corrected chi connectivity index (χ3v) is 6.27. The van der Waals surface area contributed by atoms with Crippen LogP contribution in [0.15, 0.2) is 60.9 Å². The van der Waals surface area contributed by atoms with Crippen molar-refractivity contribution in [3.8, 4) is 28.3 Å². The molecule has 4 nitrogen and oxygen atoms in total. The zero-order valence-electron chi connectivity index (χ0n) is 21.3. The first kappa shape index (κ1) is 25.9. The minimum absolute atomic E-state index is 0.0978. The van der Waals surface area contributed by atoms with Crippen LogP contribution in [-0.2, 0) is 11.2 Å². The number of rotatable bonds is 14. The molecular formula is C30H40N2O2. The first-order valence-corrected chi connectivity index (χ1v) is 12.8. The van der Waals surface area contributed by atoms with Crippen LogP contribution in [0.5, 0.6) is 5.75 Å². The summed E-state index contributed by atoms with van der Waals surface area (Å²) >= 11 is 0. The van der Waals surface area contributed by atoms with Gasteiger partial charge >= 0.3 is 0 Å². The largest absolute Gasteiger partial charge is 0.491 e. The van der Waals surface area contributed by atoms with Gasteiger partial charge in [0.05, 0.1) is 12.2 Å². The number of hydrogen-bond donors (Lipinski definition) is 0. The van der Waals surface area contributed by atoms with Crippen LogP contribution in [0, 0.1) is 0 Å². The van der Waals surface area contributed by atoms with E-state index in [4.69, 9.17) is 9.47 Å². The third kappa shape index (κ3) is 8.25. The lowest BCUT2D eigenvalue weighted by Crippen LogP contribution is -2.19. The van der Waals surface area contributed by atoms with E-state index < -0.39 is 0 Å². The molecule has 0 aliphatic heterocycles. The number of ether oxygens (including phenoxy) is 2. The molecular weight excluding hydrogens is 420 g/mol. The molecule has 2 aromatic carbocycles. The fraction of sp³-hybridized carbons (Fsp3) is 0.467. The van der Waals surface area contributed by atoms with Gasteiger partial charge in [-0.15, -0.1) is 0 Å². The summed E-state index contributed by atoms with van der Waals surface area (Å²) in [7, 11) is 1.73. The van der Waals surface area contributed by atoms with E-state index in [9.17, 15) is 0 Å². The van der Waals surface area contributed by atoms with E-state index in [1.165, 1.54) is 44.1 Å². The quantitative estimate of drug-likeness (QED) is 0.229. The van der Waals surface area contributed by atoms with E-state index in [2.05, 4.69) is 67.1 Å². The number of aromatic nitrogens is 2. The van der Waals surface area contributed by atoms with Crippen molar-refractivity contribution in [3.05, 3.63) is 66.5 Å². The van der Waals surface area contributed by atoms with Crippen LogP contribution in [0.1, 0.15) is 71.3 Å². The van der Waals surface area contributed by atoms with E-state index >= 15 is 0 Å². The third-order valence-electron chi connectivity index (χ3n) is 6.27. The van der Waals surface area contributed by atoms with Crippen molar-refractivity contribution in [1.82, 2.24) is 9.97 Å². The first-order chi connectivity index (χ1) is 16.6. The van der Waals surface area contributed by atoms with E-state index in [0.717, 1.165) is 41.1 Å². The molecule has 2 atom stereocenters. The monoisotopic (exact) mass is 460 g/mol. The number of nitrogens with zero attached hydrogens (tertiary/aromatic N) is 2. The number of hydrogen-bond acceptors (Lipinski definition) is 4. The molecule has 0 saturated carbocycles. The summed E-state index contributed by atoms with van der Waals surface area (Å²) in [6.45, 7) is 6.38. The lowest BCUT2D eigenvalue weighted by molar-refractivity contribution is 0.0719. The van der Waals surface area contributed by atoms with Crippen molar-refractivity contribution in [2.75, 3.05) is 7.11 Å². The summed E-state index contributed by atoms with van der Waals surface area (Å²) in [5.74, 6) is 1.62. The van der Waals surface area contributed by atoms with Crippen LogP contribution >= 0.6 is 0 Å². The van der Waals surface area contributed by atoms with Crippen LogP contribution in [-0.4, -0.2) is 29.3 Å². The summed E-state index contributed by atoms with van der Waals surface area (Å²) in [6, 6.07) is 16.8. The van der Waals surface area contributed by atoms with Crippen molar-refractivity contribution in [1.29, 1.82) is 0 Å². The number of aryl methyl sites for hydroxylation is 1. The van der Waals surface area contributed by atoms with Gasteiger partial charge in [0.25, 0.3) is 0 Å². The highest BCUT2D eigenvalue weighted by Crippen LogP contribution is 2.24. The second kappa shape index (κ2) is 13.9. The Morgan fingerprint density at radius 1 is 0.706 bits per heavy atom. The molecule has 0 bridgehead atoms. The summed E-state index contributed by atoms with van der Waals surface area (Å²) in [5, 5.41) is 0. The van der Waals surface area contributed by atoms with E-state index in [1.54, 1.807) is 7.11 Å². The summed E-state index contributed by atoms with van der Waals surface area (Å²) in [5.41, 5.74) is 4.52. The maximum atomic E-state index is 6.00. The van der Waals surface area contributed by atoms with Crippen molar-refractivity contribution in [3.63, 3.8) is 0 Å². The molecule has 0 saturated heterocycles. The molecule has 0 amide bonds. The molecule has 4 heteroatoms. The molecule has 0 radical (unpaired) electrons. The molecule has 1 heterocycles. The topological polar surface area (TPSA) is 44.2 Å². The minimum atomic E-state index is 0.0978. The molecule has 0 fully saturated rings. The van der Waals surface area contributed by atoms with Gasteiger partial charge in [-0.1, -0.05) is 75.4 Å². The van der Waals surface area contributed by atoms with Gasteiger partial charge < -0.3 is 9.47 Å². The predicted molar refractivity (Wildman–Crippen MR) is 141 cm³/mol. The molecule has 0 N–H and O–H groups in total. The van der Waals surface area contributed by atoms with Gasteiger partial charge in [-0.25, -0.2) is 9.97 Å². The average molecular weight is 461 g/mol. The number of unbranched alkanes of at least 4 members (excludes halogenated alkanes) is 5. The minimum Gasteiger partial charge on any atom is -0.491 e. The molecule has 0 aliphatic rings. The zero-order valence-corrected chi connectivity index (χ0v) is 21.3. The highest BCUT2D eigenvalue weighted by Gasteiger charge is 2.10. The zero-order chi connectivity index (χ0) is 24.2. The van der Waals surface area contributed by atoms with Crippen LogP contribution in [0.3, 0.4) is 0 Å². The SMILES string of the molecule is CCCCCCCCc1ccc(-c2ncc(-c3ccc(O[C@@H](C)C[C@@H](C)OC)cc3)cn2)cc1. The van der Waals surface area contributed by atoms with Gasteiger partial charge in [0, 0.05) is 37.1 Å². The molecule has 0 spiro atoms. The fourth-order valence-electron chi connectivity index (χ4n) is 4.13. The Hall–Kier alpha value is -2.72. The summed E-state index contributed by atoms with van der Waals surface area (Å²) in [6.07, 6.45) is 14.1. The normalized spacial score (nSPS) is 12.9. The van der Waals surface area contributed by atoms with Gasteiger partial charge in [-0.3, -0.25) is 0 Å². The Labute approximate surface area is 205 Å². The molecule has 182 valence electrons. The highest BCUT2D eigenvalue weighted by atomic mass is 16.5. The van der Waals surface area contributed by atoms with Gasteiger partial charge in [-0.05, 0) is 49.9 Å². The van der Waals surface area contributed by atoms with Crippen LogP contribution in [0.25, 0.3) is 22.5 Å². The maximum absolute atomic E-state index is 6.00. The van der Waals surface area contributed by atoms with Gasteiger partial charge in [0.1, 0.15) is 5.75 Å². The molecule has 3 rings (SSSR count). The Bertz CT molecular complexity index is 953. The lowest BCUT2D eigenvalue weighted by atomic mass is 10.0. The second-order valence-electron chi connectivity index (χ2n) is 9.24. The number of methoxy groups -OCH3 is 1. The Morgan fingerprint density at radius 2 is 1.32 bits per heavy atom. The first-order valence-electron chi connectivity index (χ1n) is 12.8. The molecule has 1 aromatic heterocycles. The van der Waals surface area contributed by atoms with Crippen LogP contribution < -0.4 is 4.74 Å². The van der Waals surface area contributed by atoms with E-state index in [-0.39, 0.29) is 12.2 Å². The Morgan fingerprint density at radius 3 is 1.97 bits per heavy atom. The van der Waals surface area contributed by atoms with Crippen LogP contribution in [0.4, 0.5) is 0 Å². The van der Waals surface area contributed by atoms with Gasteiger partial charge in [0.2, 0.25) is 0 Å². The maximum Gasteiger partial charge on any atom is 0.159 e. The predicted octanol–water partition coefficient (Wildman–Crippen LogP) is 7.91. The standard InChI is InChI=1S/C30H40N2O2/c1-5-6-7-8-9-10-11-25-12-14-27(15-13-25)30-31-21-28(22-32-30)26-16-18-29(19-17-26)34-24(3)20-23(2)33-4/h12-19,21-24H,5-11,20H2,1-4H3/t23-,24+/m1/s1. The van der Waals surface area contributed by atoms with Gasteiger partial charge in [0.15, 0.2) is 5.82 Å². The number of benzene rings is 2. The fourth-order valence-corrected chi connectivity index (χ4v) is 4.13. The summed E-state index contributed by atoms with van der Waals surface area (Å²) < 4.78 is 11.3. The smallest absolute Gasteiger partial charge is 0.159 e. The van der Waals surface area contributed by atoms with E-state index in [1.807, 2.05) is 24.5 Å². The lowest BCUT2D eigenvalue weighted by Gasteiger charge is -2.18.